The minimum Gasteiger partial charge on any atom is -0.198 e. The Balaban J connectivity index is 1.99. The van der Waals surface area contributed by atoms with E-state index >= 15 is 0 Å². The maximum Gasteiger partial charge on any atom is 0.0766 e. The van der Waals surface area contributed by atoms with Gasteiger partial charge in [0.2, 0.25) is 0 Å². The van der Waals surface area contributed by atoms with E-state index in [1.807, 2.05) is 18.2 Å². The highest BCUT2D eigenvalue weighted by molar-refractivity contribution is 5.64. The van der Waals surface area contributed by atoms with Gasteiger partial charge in [0.05, 0.1) is 12.0 Å². The standard InChI is InChI=1S/C18H17N/c1-18(10-11-18)17(13-19)16-9-5-8-15(12-16)14-6-3-2-4-7-14/h2-9,12,17H,10-11H2,1H3. The Morgan fingerprint density at radius 1 is 1.00 bits per heavy atom. The summed E-state index contributed by atoms with van der Waals surface area (Å²) in [6, 6.07) is 21.3. The maximum absolute atomic E-state index is 9.47. The molecule has 2 aromatic carbocycles. The molecule has 94 valence electrons. The van der Waals surface area contributed by atoms with Crippen LogP contribution in [-0.4, -0.2) is 0 Å². The molecule has 1 aliphatic carbocycles. The molecule has 0 saturated heterocycles. The summed E-state index contributed by atoms with van der Waals surface area (Å²) in [5.41, 5.74) is 3.76. The molecule has 0 amide bonds. The van der Waals surface area contributed by atoms with Crippen molar-refractivity contribution < 1.29 is 0 Å². The smallest absolute Gasteiger partial charge is 0.0766 e. The van der Waals surface area contributed by atoms with E-state index < -0.39 is 0 Å². The fourth-order valence-corrected chi connectivity index (χ4v) is 2.65. The topological polar surface area (TPSA) is 23.8 Å². The summed E-state index contributed by atoms with van der Waals surface area (Å²) in [6.07, 6.45) is 2.33. The second-order valence-corrected chi connectivity index (χ2v) is 5.71. The largest absolute Gasteiger partial charge is 0.198 e. The van der Waals surface area contributed by atoms with Crippen LogP contribution in [-0.2, 0) is 0 Å². The molecule has 1 heteroatoms. The Kier molecular flexibility index (Phi) is 2.87. The van der Waals surface area contributed by atoms with Crippen LogP contribution in [0, 0.1) is 16.7 Å². The molecular weight excluding hydrogens is 230 g/mol. The van der Waals surface area contributed by atoms with E-state index in [1.54, 1.807) is 0 Å². The first-order chi connectivity index (χ1) is 9.23. The van der Waals surface area contributed by atoms with Crippen LogP contribution in [0.1, 0.15) is 31.2 Å². The molecule has 0 heterocycles. The van der Waals surface area contributed by atoms with Crippen molar-refractivity contribution in [3.63, 3.8) is 0 Å². The molecule has 1 aliphatic rings. The van der Waals surface area contributed by atoms with E-state index in [-0.39, 0.29) is 11.3 Å². The van der Waals surface area contributed by atoms with E-state index in [2.05, 4.69) is 49.4 Å². The van der Waals surface area contributed by atoms with E-state index in [1.165, 1.54) is 24.0 Å². The van der Waals surface area contributed by atoms with Gasteiger partial charge >= 0.3 is 0 Å². The number of nitriles is 1. The molecule has 1 unspecified atom stereocenters. The second kappa shape index (κ2) is 4.55. The Labute approximate surface area is 114 Å². The molecule has 0 aromatic heterocycles. The van der Waals surface area contributed by atoms with Gasteiger partial charge in [0.1, 0.15) is 0 Å². The van der Waals surface area contributed by atoms with Gasteiger partial charge in [-0.3, -0.25) is 0 Å². The molecule has 0 N–H and O–H groups in total. The van der Waals surface area contributed by atoms with E-state index in [0.717, 1.165) is 5.56 Å². The third-order valence-corrected chi connectivity index (χ3v) is 4.19. The summed E-state index contributed by atoms with van der Waals surface area (Å²) >= 11 is 0. The molecule has 2 aromatic rings. The zero-order chi connectivity index (χ0) is 13.3. The first-order valence-corrected chi connectivity index (χ1v) is 6.78. The lowest BCUT2D eigenvalue weighted by Gasteiger charge is -2.17. The lowest BCUT2D eigenvalue weighted by atomic mass is 9.84. The molecule has 1 fully saturated rings. The number of hydrogen-bond donors (Lipinski definition) is 0. The predicted molar refractivity (Wildman–Crippen MR) is 77.6 cm³/mol. The van der Waals surface area contributed by atoms with Crippen molar-refractivity contribution in [2.24, 2.45) is 5.41 Å². The van der Waals surface area contributed by atoms with Gasteiger partial charge < -0.3 is 0 Å². The molecule has 0 spiro atoms. The van der Waals surface area contributed by atoms with Crippen LogP contribution in [0.15, 0.2) is 54.6 Å². The fourth-order valence-electron chi connectivity index (χ4n) is 2.65. The minimum atomic E-state index is 0.0242. The molecular formula is C18H17N. The normalized spacial score (nSPS) is 17.5. The Morgan fingerprint density at radius 2 is 1.68 bits per heavy atom. The average Bonchev–Trinajstić information content (AvgIpc) is 3.19. The number of nitrogens with zero attached hydrogens (tertiary/aromatic N) is 1. The summed E-state index contributed by atoms with van der Waals surface area (Å²) in [4.78, 5) is 0. The Bertz CT molecular complexity index is 618. The van der Waals surface area contributed by atoms with E-state index in [9.17, 15) is 5.26 Å². The minimum absolute atomic E-state index is 0.0242. The first-order valence-electron chi connectivity index (χ1n) is 6.78. The highest BCUT2D eigenvalue weighted by Gasteiger charge is 2.45. The molecule has 1 saturated carbocycles. The highest BCUT2D eigenvalue weighted by atomic mass is 14.5. The molecule has 0 radical (unpaired) electrons. The third kappa shape index (κ3) is 2.27. The quantitative estimate of drug-likeness (QED) is 0.767. The fraction of sp³-hybridized carbons (Fsp3) is 0.278. The zero-order valence-corrected chi connectivity index (χ0v) is 11.1. The van der Waals surface area contributed by atoms with Crippen molar-refractivity contribution in [1.29, 1.82) is 5.26 Å². The van der Waals surface area contributed by atoms with Crippen molar-refractivity contribution in [3.8, 4) is 17.2 Å². The Morgan fingerprint density at radius 3 is 2.32 bits per heavy atom. The number of benzene rings is 2. The molecule has 1 atom stereocenters. The van der Waals surface area contributed by atoms with Crippen LogP contribution < -0.4 is 0 Å². The van der Waals surface area contributed by atoms with Crippen molar-refractivity contribution in [1.82, 2.24) is 0 Å². The van der Waals surface area contributed by atoms with E-state index in [0.29, 0.717) is 0 Å². The second-order valence-electron chi connectivity index (χ2n) is 5.71. The highest BCUT2D eigenvalue weighted by Crippen LogP contribution is 2.55. The SMILES string of the molecule is CC1(C(C#N)c2cccc(-c3ccccc3)c2)CC1. The van der Waals surface area contributed by atoms with Crippen LogP contribution in [0.3, 0.4) is 0 Å². The average molecular weight is 247 g/mol. The molecule has 1 nitrogen and oxygen atoms in total. The van der Waals surface area contributed by atoms with Gasteiger partial charge in [-0.2, -0.15) is 5.26 Å². The summed E-state index contributed by atoms with van der Waals surface area (Å²) < 4.78 is 0. The maximum atomic E-state index is 9.47. The summed E-state index contributed by atoms with van der Waals surface area (Å²) in [6.45, 7) is 2.22. The van der Waals surface area contributed by atoms with Gasteiger partial charge in [-0.25, -0.2) is 0 Å². The van der Waals surface area contributed by atoms with Crippen molar-refractivity contribution in [3.05, 3.63) is 60.2 Å². The van der Waals surface area contributed by atoms with Gasteiger partial charge in [-0.1, -0.05) is 55.5 Å². The van der Waals surface area contributed by atoms with Gasteiger partial charge in [0, 0.05) is 0 Å². The van der Waals surface area contributed by atoms with E-state index in [4.69, 9.17) is 0 Å². The van der Waals surface area contributed by atoms with Crippen LogP contribution in [0.4, 0.5) is 0 Å². The monoisotopic (exact) mass is 247 g/mol. The third-order valence-electron chi connectivity index (χ3n) is 4.19. The summed E-state index contributed by atoms with van der Waals surface area (Å²) in [5.74, 6) is 0.0242. The number of rotatable bonds is 3. The lowest BCUT2D eigenvalue weighted by molar-refractivity contribution is 0.516. The number of hydrogen-bond acceptors (Lipinski definition) is 1. The first kappa shape index (κ1) is 12.0. The lowest BCUT2D eigenvalue weighted by Crippen LogP contribution is -2.08. The molecule has 19 heavy (non-hydrogen) atoms. The molecule has 0 aliphatic heterocycles. The van der Waals surface area contributed by atoms with Crippen molar-refractivity contribution in [2.75, 3.05) is 0 Å². The predicted octanol–water partition coefficient (Wildman–Crippen LogP) is 4.76. The van der Waals surface area contributed by atoms with Crippen molar-refractivity contribution in [2.45, 2.75) is 25.7 Å². The van der Waals surface area contributed by atoms with Crippen LogP contribution in [0.2, 0.25) is 0 Å². The van der Waals surface area contributed by atoms with Gasteiger partial charge in [0.25, 0.3) is 0 Å². The van der Waals surface area contributed by atoms with Gasteiger partial charge in [-0.05, 0) is 41.0 Å². The Hall–Kier alpha value is -2.07. The molecule has 0 bridgehead atoms. The van der Waals surface area contributed by atoms with Crippen LogP contribution in [0.25, 0.3) is 11.1 Å². The molecule has 3 rings (SSSR count). The summed E-state index contributed by atoms with van der Waals surface area (Å²) in [7, 11) is 0. The van der Waals surface area contributed by atoms with Gasteiger partial charge in [0.15, 0.2) is 0 Å². The van der Waals surface area contributed by atoms with Crippen LogP contribution in [0.5, 0.6) is 0 Å². The zero-order valence-electron chi connectivity index (χ0n) is 11.1. The van der Waals surface area contributed by atoms with Gasteiger partial charge in [-0.15, -0.1) is 0 Å². The van der Waals surface area contributed by atoms with Crippen molar-refractivity contribution >= 4 is 0 Å². The summed E-state index contributed by atoms with van der Waals surface area (Å²) in [5, 5.41) is 9.47. The van der Waals surface area contributed by atoms with Crippen LogP contribution >= 0.6 is 0 Å².